The van der Waals surface area contributed by atoms with Crippen molar-refractivity contribution in [2.24, 2.45) is 0 Å². The smallest absolute Gasteiger partial charge is 0.326 e. The topological polar surface area (TPSA) is 108 Å². The van der Waals surface area contributed by atoms with E-state index in [0.717, 1.165) is 0 Å². The molecule has 0 bridgehead atoms. The SMILES string of the molecule is CC(=O)Nc1ccccc1-c1n[nH]c(=O)[nH]c1=O. The van der Waals surface area contributed by atoms with Crippen LogP contribution in [0.3, 0.4) is 0 Å². The van der Waals surface area contributed by atoms with Crippen LogP contribution >= 0.6 is 0 Å². The summed E-state index contributed by atoms with van der Waals surface area (Å²) in [6, 6.07) is 6.69. The van der Waals surface area contributed by atoms with Crippen molar-refractivity contribution >= 4 is 11.6 Å². The minimum Gasteiger partial charge on any atom is -0.326 e. The Hall–Kier alpha value is -2.70. The summed E-state index contributed by atoms with van der Waals surface area (Å²) in [5.74, 6) is -0.261. The minimum absolute atomic E-state index is 0.0407. The molecule has 7 heteroatoms. The van der Waals surface area contributed by atoms with E-state index < -0.39 is 11.2 Å². The number of nitrogens with one attached hydrogen (secondary N) is 3. The number of aromatic amines is 2. The fraction of sp³-hybridized carbons (Fsp3) is 0.0909. The molecule has 1 aromatic carbocycles. The van der Waals surface area contributed by atoms with Crippen LogP contribution in [0.5, 0.6) is 0 Å². The maximum atomic E-state index is 11.6. The predicted molar refractivity (Wildman–Crippen MR) is 65.2 cm³/mol. The van der Waals surface area contributed by atoms with Gasteiger partial charge in [0.25, 0.3) is 5.56 Å². The van der Waals surface area contributed by atoms with Crippen LogP contribution in [-0.2, 0) is 4.79 Å². The van der Waals surface area contributed by atoms with Gasteiger partial charge >= 0.3 is 5.69 Å². The molecule has 0 atom stereocenters. The van der Waals surface area contributed by atoms with Gasteiger partial charge in [-0.2, -0.15) is 5.10 Å². The molecule has 0 aliphatic carbocycles. The summed E-state index contributed by atoms with van der Waals surface area (Å²) in [6.45, 7) is 1.36. The van der Waals surface area contributed by atoms with Crippen LogP contribution in [0.4, 0.5) is 5.69 Å². The number of carbonyl (C=O) groups excluding carboxylic acids is 1. The quantitative estimate of drug-likeness (QED) is 0.697. The van der Waals surface area contributed by atoms with E-state index in [1.165, 1.54) is 6.92 Å². The van der Waals surface area contributed by atoms with Crippen molar-refractivity contribution < 1.29 is 4.79 Å². The molecule has 1 heterocycles. The lowest BCUT2D eigenvalue weighted by molar-refractivity contribution is -0.114. The second-order valence-electron chi connectivity index (χ2n) is 3.58. The predicted octanol–water partition coefficient (Wildman–Crippen LogP) is 0.0836. The summed E-state index contributed by atoms with van der Waals surface area (Å²) in [7, 11) is 0. The molecule has 0 fully saturated rings. The van der Waals surface area contributed by atoms with E-state index in [-0.39, 0.29) is 11.6 Å². The monoisotopic (exact) mass is 246 g/mol. The van der Waals surface area contributed by atoms with Crippen molar-refractivity contribution in [2.45, 2.75) is 6.92 Å². The Kier molecular flexibility index (Phi) is 3.05. The van der Waals surface area contributed by atoms with E-state index in [4.69, 9.17) is 0 Å². The average molecular weight is 246 g/mol. The van der Waals surface area contributed by atoms with E-state index in [1.54, 1.807) is 24.3 Å². The molecule has 0 saturated heterocycles. The van der Waals surface area contributed by atoms with Crippen LogP contribution < -0.4 is 16.6 Å². The molecule has 1 amide bonds. The van der Waals surface area contributed by atoms with Gasteiger partial charge in [0, 0.05) is 12.5 Å². The molecular weight excluding hydrogens is 236 g/mol. The van der Waals surface area contributed by atoms with Gasteiger partial charge in [0.2, 0.25) is 5.91 Å². The second-order valence-corrected chi connectivity index (χ2v) is 3.58. The average Bonchev–Trinajstić information content (AvgIpc) is 2.30. The van der Waals surface area contributed by atoms with E-state index in [0.29, 0.717) is 11.3 Å². The van der Waals surface area contributed by atoms with Crippen molar-refractivity contribution in [1.82, 2.24) is 15.2 Å². The van der Waals surface area contributed by atoms with Crippen LogP contribution in [-0.4, -0.2) is 21.1 Å². The van der Waals surface area contributed by atoms with E-state index in [2.05, 4.69) is 20.5 Å². The first-order chi connectivity index (χ1) is 8.58. The summed E-state index contributed by atoms with van der Waals surface area (Å²) < 4.78 is 0. The lowest BCUT2D eigenvalue weighted by atomic mass is 10.1. The van der Waals surface area contributed by atoms with Crippen molar-refractivity contribution in [2.75, 3.05) is 5.32 Å². The number of carbonyl (C=O) groups is 1. The molecule has 0 aliphatic rings. The fourth-order valence-corrected chi connectivity index (χ4v) is 1.52. The van der Waals surface area contributed by atoms with Gasteiger partial charge in [-0.25, -0.2) is 9.89 Å². The lowest BCUT2D eigenvalue weighted by Crippen LogP contribution is -2.25. The number of H-pyrrole nitrogens is 2. The maximum Gasteiger partial charge on any atom is 0.342 e. The first-order valence-electron chi connectivity index (χ1n) is 5.14. The first-order valence-corrected chi connectivity index (χ1v) is 5.14. The Morgan fingerprint density at radius 2 is 2.00 bits per heavy atom. The van der Waals surface area contributed by atoms with Crippen LogP contribution in [0, 0.1) is 0 Å². The molecule has 2 rings (SSSR count). The first kappa shape index (κ1) is 11.8. The number of hydrogen-bond donors (Lipinski definition) is 3. The highest BCUT2D eigenvalue weighted by Gasteiger charge is 2.11. The van der Waals surface area contributed by atoms with Gasteiger partial charge < -0.3 is 5.32 Å². The molecule has 2 aromatic rings. The zero-order valence-corrected chi connectivity index (χ0v) is 9.48. The van der Waals surface area contributed by atoms with Gasteiger partial charge in [-0.05, 0) is 6.07 Å². The minimum atomic E-state index is -0.680. The molecule has 7 nitrogen and oxygen atoms in total. The molecule has 18 heavy (non-hydrogen) atoms. The summed E-state index contributed by atoms with van der Waals surface area (Å²) in [6.07, 6.45) is 0. The zero-order chi connectivity index (χ0) is 13.1. The largest absolute Gasteiger partial charge is 0.342 e. The Labute approximate surface area is 101 Å². The Morgan fingerprint density at radius 3 is 2.67 bits per heavy atom. The Bertz CT molecular complexity index is 702. The molecular formula is C11H10N4O3. The van der Waals surface area contributed by atoms with Gasteiger partial charge in [0.1, 0.15) is 0 Å². The summed E-state index contributed by atoms with van der Waals surface area (Å²) in [5, 5.41) is 8.42. The van der Waals surface area contributed by atoms with Gasteiger partial charge in [0.05, 0.1) is 5.69 Å². The molecule has 0 spiro atoms. The summed E-state index contributed by atoms with van der Waals surface area (Å²) in [4.78, 5) is 35.7. The van der Waals surface area contributed by atoms with E-state index in [9.17, 15) is 14.4 Å². The zero-order valence-electron chi connectivity index (χ0n) is 9.48. The van der Waals surface area contributed by atoms with Crippen LogP contribution in [0.25, 0.3) is 11.3 Å². The second kappa shape index (κ2) is 4.66. The number of amides is 1. The highest BCUT2D eigenvalue weighted by atomic mass is 16.2. The standard InChI is InChI=1S/C11H10N4O3/c1-6(16)12-8-5-3-2-4-7(8)9-10(17)13-11(18)15-14-9/h2-5H,1H3,(H,12,16)(H2,13,15,17,18). The van der Waals surface area contributed by atoms with Gasteiger partial charge in [-0.1, -0.05) is 18.2 Å². The van der Waals surface area contributed by atoms with Crippen LogP contribution in [0.2, 0.25) is 0 Å². The third-order valence-corrected chi connectivity index (χ3v) is 2.20. The maximum absolute atomic E-state index is 11.6. The van der Waals surface area contributed by atoms with Crippen LogP contribution in [0.1, 0.15) is 6.92 Å². The molecule has 92 valence electrons. The van der Waals surface area contributed by atoms with E-state index >= 15 is 0 Å². The molecule has 0 saturated carbocycles. The number of rotatable bonds is 2. The Balaban J connectivity index is 2.60. The summed E-state index contributed by atoms with van der Waals surface area (Å²) >= 11 is 0. The fourth-order valence-electron chi connectivity index (χ4n) is 1.52. The molecule has 0 unspecified atom stereocenters. The summed E-state index contributed by atoms with van der Waals surface area (Å²) in [5.41, 5.74) is -0.364. The van der Waals surface area contributed by atoms with Crippen molar-refractivity contribution in [3.63, 3.8) is 0 Å². The third-order valence-electron chi connectivity index (χ3n) is 2.20. The number of benzene rings is 1. The third kappa shape index (κ3) is 2.34. The van der Waals surface area contributed by atoms with Gasteiger partial charge in [-0.15, -0.1) is 0 Å². The highest BCUT2D eigenvalue weighted by Crippen LogP contribution is 2.22. The number of aromatic nitrogens is 3. The number of para-hydroxylation sites is 1. The van der Waals surface area contributed by atoms with Crippen molar-refractivity contribution in [3.8, 4) is 11.3 Å². The molecule has 0 radical (unpaired) electrons. The molecule has 1 aromatic heterocycles. The molecule has 3 N–H and O–H groups in total. The highest BCUT2D eigenvalue weighted by molar-refractivity contribution is 5.93. The number of hydrogen-bond acceptors (Lipinski definition) is 4. The van der Waals surface area contributed by atoms with Gasteiger partial charge in [-0.3, -0.25) is 14.6 Å². The van der Waals surface area contributed by atoms with Crippen molar-refractivity contribution in [3.05, 3.63) is 45.1 Å². The van der Waals surface area contributed by atoms with Crippen LogP contribution in [0.15, 0.2) is 33.9 Å². The van der Waals surface area contributed by atoms with Crippen molar-refractivity contribution in [1.29, 1.82) is 0 Å². The van der Waals surface area contributed by atoms with E-state index in [1.807, 2.05) is 0 Å². The van der Waals surface area contributed by atoms with Gasteiger partial charge in [0.15, 0.2) is 5.69 Å². The molecule has 0 aliphatic heterocycles. The number of anilines is 1. The normalized spacial score (nSPS) is 10.1. The number of nitrogens with zero attached hydrogens (tertiary/aromatic N) is 1. The lowest BCUT2D eigenvalue weighted by Gasteiger charge is -2.07. The Morgan fingerprint density at radius 1 is 1.28 bits per heavy atom.